The van der Waals surface area contributed by atoms with E-state index in [1.54, 1.807) is 0 Å². The first kappa shape index (κ1) is 17.7. The molecule has 4 rings (SSSR count). The number of hydrogen-bond donors (Lipinski definition) is 4. The van der Waals surface area contributed by atoms with E-state index in [4.69, 9.17) is 0 Å². The Morgan fingerprint density at radius 1 is 1.08 bits per heavy atom. The zero-order valence-corrected chi connectivity index (χ0v) is 15.3. The third kappa shape index (κ3) is 3.71. The number of alkyl halides is 1. The van der Waals surface area contributed by atoms with Crippen LogP contribution in [0, 0.1) is 17.8 Å². The Labute approximate surface area is 150 Å². The fourth-order valence-corrected chi connectivity index (χ4v) is 5.62. The average Bonchev–Trinajstić information content (AvgIpc) is 3.28. The van der Waals surface area contributed by atoms with Crippen LogP contribution in [0.25, 0.3) is 0 Å². The molecule has 142 valence electrons. The van der Waals surface area contributed by atoms with Crippen molar-refractivity contribution in [2.45, 2.75) is 82.3 Å². The highest BCUT2D eigenvalue weighted by atomic mass is 19.1. The number of carbonyl (C=O) groups is 1. The molecule has 5 nitrogen and oxygen atoms in total. The molecule has 4 fully saturated rings. The number of hydrogen-bond acceptors (Lipinski definition) is 4. The summed E-state index contributed by atoms with van der Waals surface area (Å²) in [6.07, 6.45) is 6.40. The van der Waals surface area contributed by atoms with Gasteiger partial charge in [-0.2, -0.15) is 0 Å². The molecule has 2 aliphatic heterocycles. The summed E-state index contributed by atoms with van der Waals surface area (Å²) in [5.74, 6) is 1.17. The van der Waals surface area contributed by atoms with Crippen molar-refractivity contribution in [2.24, 2.45) is 17.8 Å². The molecular formula is C19H33FN4O. The van der Waals surface area contributed by atoms with Gasteiger partial charge < -0.3 is 21.3 Å². The summed E-state index contributed by atoms with van der Waals surface area (Å²) in [6, 6.07) is 0.223. The lowest BCUT2D eigenvalue weighted by molar-refractivity contribution is -0.124. The van der Waals surface area contributed by atoms with Crippen LogP contribution in [0.2, 0.25) is 0 Å². The monoisotopic (exact) mass is 352 g/mol. The van der Waals surface area contributed by atoms with Crippen molar-refractivity contribution in [3.05, 3.63) is 0 Å². The molecule has 4 N–H and O–H groups in total. The molecule has 0 radical (unpaired) electrons. The molecule has 0 spiro atoms. The second-order valence-corrected chi connectivity index (χ2v) is 8.73. The predicted octanol–water partition coefficient (Wildman–Crippen LogP) is 1.30. The van der Waals surface area contributed by atoms with Crippen LogP contribution in [-0.2, 0) is 4.79 Å². The van der Waals surface area contributed by atoms with Gasteiger partial charge in [-0.05, 0) is 50.4 Å². The SMILES string of the molecule is CC1CCC(F)C2CC(C(=O)NC3CCCC(C4NCCN4)C3)NC12. The van der Waals surface area contributed by atoms with Crippen molar-refractivity contribution in [1.82, 2.24) is 21.3 Å². The standard InChI is InChI=1S/C19H33FN4O/c1-11-5-6-15(20)14-10-16(24-17(11)14)19(25)23-13-4-2-3-12(9-13)18-21-7-8-22-18/h11-18,21-22,24H,2-10H2,1H3,(H,23,25). The fraction of sp³-hybridized carbons (Fsp3) is 0.947. The summed E-state index contributed by atoms with van der Waals surface area (Å²) in [6.45, 7) is 4.26. The zero-order chi connectivity index (χ0) is 17.4. The van der Waals surface area contributed by atoms with Crippen LogP contribution in [0.3, 0.4) is 0 Å². The lowest BCUT2D eigenvalue weighted by Crippen LogP contribution is -2.51. The lowest BCUT2D eigenvalue weighted by atomic mass is 9.77. The molecule has 0 aromatic carbocycles. The molecule has 2 aliphatic carbocycles. The summed E-state index contributed by atoms with van der Waals surface area (Å²) in [5, 5.41) is 13.8. The maximum atomic E-state index is 14.2. The van der Waals surface area contributed by atoms with Gasteiger partial charge in [0.05, 0.1) is 12.2 Å². The van der Waals surface area contributed by atoms with Crippen molar-refractivity contribution in [2.75, 3.05) is 13.1 Å². The number of rotatable bonds is 3. The molecule has 25 heavy (non-hydrogen) atoms. The zero-order valence-electron chi connectivity index (χ0n) is 15.3. The minimum atomic E-state index is -0.745. The van der Waals surface area contributed by atoms with Crippen LogP contribution >= 0.6 is 0 Å². The Morgan fingerprint density at radius 2 is 1.88 bits per heavy atom. The van der Waals surface area contributed by atoms with E-state index in [1.165, 1.54) is 12.8 Å². The van der Waals surface area contributed by atoms with E-state index in [2.05, 4.69) is 28.2 Å². The molecule has 0 aromatic heterocycles. The van der Waals surface area contributed by atoms with E-state index in [1.807, 2.05) is 0 Å². The average molecular weight is 352 g/mol. The van der Waals surface area contributed by atoms with Crippen LogP contribution in [0.5, 0.6) is 0 Å². The van der Waals surface area contributed by atoms with Crippen molar-refractivity contribution in [3.63, 3.8) is 0 Å². The summed E-state index contributed by atoms with van der Waals surface area (Å²) < 4.78 is 14.2. The van der Waals surface area contributed by atoms with Gasteiger partial charge in [0.15, 0.2) is 0 Å². The Hall–Kier alpha value is -0.720. The normalized spacial score (nSPS) is 45.3. The number of fused-ring (bicyclic) bond motifs is 1. The van der Waals surface area contributed by atoms with Crippen LogP contribution < -0.4 is 21.3 Å². The fourth-order valence-electron chi connectivity index (χ4n) is 5.62. The molecule has 7 unspecified atom stereocenters. The van der Waals surface area contributed by atoms with Gasteiger partial charge in [0.1, 0.15) is 6.17 Å². The van der Waals surface area contributed by atoms with Gasteiger partial charge in [-0.25, -0.2) is 4.39 Å². The maximum absolute atomic E-state index is 14.2. The summed E-state index contributed by atoms with van der Waals surface area (Å²) >= 11 is 0. The topological polar surface area (TPSA) is 65.2 Å². The first-order chi connectivity index (χ1) is 12.1. The Morgan fingerprint density at radius 3 is 2.64 bits per heavy atom. The molecule has 2 heterocycles. The van der Waals surface area contributed by atoms with E-state index in [0.717, 1.165) is 32.4 Å². The predicted molar refractivity (Wildman–Crippen MR) is 95.8 cm³/mol. The molecule has 7 atom stereocenters. The van der Waals surface area contributed by atoms with Crippen LogP contribution in [-0.4, -0.2) is 49.5 Å². The Balaban J connectivity index is 1.31. The highest BCUT2D eigenvalue weighted by Crippen LogP contribution is 2.38. The number of carbonyl (C=O) groups excluding carboxylic acids is 1. The van der Waals surface area contributed by atoms with Crippen LogP contribution in [0.1, 0.15) is 51.9 Å². The quantitative estimate of drug-likeness (QED) is 0.618. The van der Waals surface area contributed by atoms with Gasteiger partial charge in [0.2, 0.25) is 5.91 Å². The smallest absolute Gasteiger partial charge is 0.237 e. The van der Waals surface area contributed by atoms with Gasteiger partial charge in [-0.15, -0.1) is 0 Å². The van der Waals surface area contributed by atoms with Crippen molar-refractivity contribution in [3.8, 4) is 0 Å². The largest absolute Gasteiger partial charge is 0.352 e. The van der Waals surface area contributed by atoms with Crippen LogP contribution in [0.4, 0.5) is 4.39 Å². The van der Waals surface area contributed by atoms with Crippen molar-refractivity contribution < 1.29 is 9.18 Å². The summed E-state index contributed by atoms with van der Waals surface area (Å²) in [4.78, 5) is 12.8. The van der Waals surface area contributed by atoms with E-state index < -0.39 is 6.17 Å². The molecule has 6 heteroatoms. The van der Waals surface area contributed by atoms with Gasteiger partial charge in [0, 0.05) is 31.1 Å². The van der Waals surface area contributed by atoms with Gasteiger partial charge in [-0.3, -0.25) is 4.79 Å². The molecule has 1 amide bonds. The van der Waals surface area contributed by atoms with Crippen molar-refractivity contribution in [1.29, 1.82) is 0 Å². The Bertz CT molecular complexity index is 466. The number of halogens is 1. The van der Waals surface area contributed by atoms with E-state index in [9.17, 15) is 9.18 Å². The highest BCUT2D eigenvalue weighted by Gasteiger charge is 2.46. The molecule has 0 bridgehead atoms. The van der Waals surface area contributed by atoms with Gasteiger partial charge in [0.25, 0.3) is 0 Å². The number of nitrogens with one attached hydrogen (secondary N) is 4. The molecule has 2 saturated heterocycles. The second-order valence-electron chi connectivity index (χ2n) is 8.73. The summed E-state index contributed by atoms with van der Waals surface area (Å²) in [5.41, 5.74) is 0. The maximum Gasteiger partial charge on any atom is 0.237 e. The minimum absolute atomic E-state index is 0.0190. The minimum Gasteiger partial charge on any atom is -0.352 e. The molecule has 2 saturated carbocycles. The van der Waals surface area contributed by atoms with Gasteiger partial charge in [-0.1, -0.05) is 13.3 Å². The van der Waals surface area contributed by atoms with Crippen LogP contribution in [0.15, 0.2) is 0 Å². The summed E-state index contributed by atoms with van der Waals surface area (Å²) in [7, 11) is 0. The molecular weight excluding hydrogens is 319 g/mol. The van der Waals surface area contributed by atoms with E-state index in [0.29, 0.717) is 30.8 Å². The Kier molecular flexibility index (Phi) is 5.30. The van der Waals surface area contributed by atoms with Gasteiger partial charge >= 0.3 is 0 Å². The third-order valence-corrected chi connectivity index (χ3v) is 7.04. The van der Waals surface area contributed by atoms with E-state index >= 15 is 0 Å². The lowest BCUT2D eigenvalue weighted by Gasteiger charge is -2.34. The van der Waals surface area contributed by atoms with Crippen molar-refractivity contribution >= 4 is 5.91 Å². The third-order valence-electron chi connectivity index (χ3n) is 7.04. The first-order valence-corrected chi connectivity index (χ1v) is 10.3. The molecule has 4 aliphatic rings. The number of amides is 1. The molecule has 0 aromatic rings. The first-order valence-electron chi connectivity index (χ1n) is 10.3. The highest BCUT2D eigenvalue weighted by molar-refractivity contribution is 5.82. The second kappa shape index (κ2) is 7.49. The van der Waals surface area contributed by atoms with E-state index in [-0.39, 0.29) is 30.0 Å².